The van der Waals surface area contributed by atoms with Crippen LogP contribution in [0.25, 0.3) is 0 Å². The van der Waals surface area contributed by atoms with Crippen LogP contribution in [0.5, 0.6) is 0 Å². The van der Waals surface area contributed by atoms with Crippen molar-refractivity contribution < 1.29 is 9.53 Å². The van der Waals surface area contributed by atoms with E-state index in [0.29, 0.717) is 23.2 Å². The number of hydrogen-bond acceptors (Lipinski definition) is 2. The van der Waals surface area contributed by atoms with Gasteiger partial charge in [-0.2, -0.15) is 0 Å². The Morgan fingerprint density at radius 1 is 1.29 bits per heavy atom. The minimum Gasteiger partial charge on any atom is -0.469 e. The van der Waals surface area contributed by atoms with Crippen molar-refractivity contribution in [2.24, 2.45) is 34.0 Å². The lowest BCUT2D eigenvalue weighted by molar-refractivity contribution is -0.165. The highest BCUT2D eigenvalue weighted by atomic mass is 16.5. The molecule has 4 aliphatic rings. The van der Waals surface area contributed by atoms with Gasteiger partial charge in [-0.15, -0.1) is 0 Å². The van der Waals surface area contributed by atoms with Gasteiger partial charge in [-0.3, -0.25) is 4.79 Å². The summed E-state index contributed by atoms with van der Waals surface area (Å²) in [6, 6.07) is 0. The molecular weight excluding hydrogens is 296 g/mol. The number of carbonyl (C=O) groups is 1. The van der Waals surface area contributed by atoms with Crippen LogP contribution in [0.15, 0.2) is 23.8 Å². The molecule has 2 bridgehead atoms. The second kappa shape index (κ2) is 4.99. The van der Waals surface area contributed by atoms with Gasteiger partial charge in [-0.1, -0.05) is 44.1 Å². The van der Waals surface area contributed by atoms with E-state index in [9.17, 15) is 4.79 Å². The van der Waals surface area contributed by atoms with Crippen LogP contribution in [-0.2, 0) is 9.53 Å². The summed E-state index contributed by atoms with van der Waals surface area (Å²) in [6.45, 7) is 11.4. The number of carbonyl (C=O) groups excluding carboxylic acids is 1. The summed E-state index contributed by atoms with van der Waals surface area (Å²) >= 11 is 0. The van der Waals surface area contributed by atoms with Gasteiger partial charge in [0.1, 0.15) is 0 Å². The summed E-state index contributed by atoms with van der Waals surface area (Å²) in [7, 11) is 1.55. The summed E-state index contributed by atoms with van der Waals surface area (Å²) in [5, 5.41) is 0. The molecule has 4 aliphatic carbocycles. The summed E-state index contributed by atoms with van der Waals surface area (Å²) < 4.78 is 5.25. The molecule has 0 N–H and O–H groups in total. The first-order chi connectivity index (χ1) is 11.3. The topological polar surface area (TPSA) is 26.3 Å². The van der Waals surface area contributed by atoms with Gasteiger partial charge in [0.15, 0.2) is 0 Å². The minimum atomic E-state index is -0.320. The molecule has 3 fully saturated rings. The number of esters is 1. The number of methoxy groups -OCH3 is 1. The van der Waals surface area contributed by atoms with Crippen molar-refractivity contribution in [1.29, 1.82) is 0 Å². The van der Waals surface area contributed by atoms with Crippen LogP contribution >= 0.6 is 0 Å². The van der Waals surface area contributed by atoms with Crippen LogP contribution < -0.4 is 0 Å². The smallest absolute Gasteiger partial charge is 0.311 e. The summed E-state index contributed by atoms with van der Waals surface area (Å²) in [4.78, 5) is 12.7. The van der Waals surface area contributed by atoms with E-state index in [2.05, 4.69) is 33.4 Å². The molecule has 0 radical (unpaired) electrons. The molecule has 1 spiro atoms. The molecule has 4 rings (SSSR count). The zero-order valence-corrected chi connectivity index (χ0v) is 15.8. The van der Waals surface area contributed by atoms with Gasteiger partial charge in [0.05, 0.1) is 12.5 Å². The summed E-state index contributed by atoms with van der Waals surface area (Å²) in [6.07, 6.45) is 10.8. The van der Waals surface area contributed by atoms with E-state index in [1.165, 1.54) is 31.3 Å². The molecule has 0 amide bonds. The van der Waals surface area contributed by atoms with Crippen LogP contribution in [0.4, 0.5) is 0 Å². The van der Waals surface area contributed by atoms with Gasteiger partial charge in [0, 0.05) is 0 Å². The van der Waals surface area contributed by atoms with Crippen LogP contribution in [-0.4, -0.2) is 13.1 Å². The molecule has 2 heteroatoms. The first kappa shape index (κ1) is 16.4. The molecule has 6 atom stereocenters. The fourth-order valence-corrected chi connectivity index (χ4v) is 7.38. The molecule has 0 aromatic carbocycles. The van der Waals surface area contributed by atoms with Gasteiger partial charge >= 0.3 is 5.97 Å². The van der Waals surface area contributed by atoms with Crippen LogP contribution in [0.1, 0.15) is 65.7 Å². The maximum atomic E-state index is 12.7. The molecule has 132 valence electrons. The van der Waals surface area contributed by atoms with E-state index in [1.807, 2.05) is 0 Å². The van der Waals surface area contributed by atoms with Crippen molar-refractivity contribution in [2.75, 3.05) is 7.11 Å². The van der Waals surface area contributed by atoms with Crippen molar-refractivity contribution in [3.05, 3.63) is 23.8 Å². The monoisotopic (exact) mass is 328 g/mol. The van der Waals surface area contributed by atoms with Gasteiger partial charge in [0.25, 0.3) is 0 Å². The van der Waals surface area contributed by atoms with Crippen LogP contribution in [0.2, 0.25) is 0 Å². The number of rotatable bonds is 1. The SMILES string of the molecule is C=C1C[C@@]23CC[C@@H]4[C@](C)(C(=O)OC)CCC[C@@]4(C)C2=C[C@@H](C)[C@@H]1C3. The summed E-state index contributed by atoms with van der Waals surface area (Å²) in [5.74, 6) is 1.71. The fourth-order valence-electron chi connectivity index (χ4n) is 7.38. The van der Waals surface area contributed by atoms with Gasteiger partial charge in [-0.25, -0.2) is 0 Å². The van der Waals surface area contributed by atoms with Crippen LogP contribution in [0, 0.1) is 34.0 Å². The summed E-state index contributed by atoms with van der Waals surface area (Å²) in [5.41, 5.74) is 3.35. The van der Waals surface area contributed by atoms with Crippen molar-refractivity contribution in [2.45, 2.75) is 65.7 Å². The maximum absolute atomic E-state index is 12.7. The Bertz CT molecular complexity index is 632. The highest BCUT2D eigenvalue weighted by Crippen LogP contribution is 2.71. The van der Waals surface area contributed by atoms with Gasteiger partial charge < -0.3 is 4.74 Å². The molecule has 0 aliphatic heterocycles. The van der Waals surface area contributed by atoms with Crippen molar-refractivity contribution in [3.8, 4) is 0 Å². The molecule has 3 saturated carbocycles. The Morgan fingerprint density at radius 2 is 2.04 bits per heavy atom. The largest absolute Gasteiger partial charge is 0.469 e. The van der Waals surface area contributed by atoms with Gasteiger partial charge in [0.2, 0.25) is 0 Å². The number of ether oxygens (including phenoxy) is 1. The van der Waals surface area contributed by atoms with E-state index in [-0.39, 0.29) is 16.8 Å². The second-order valence-corrected chi connectivity index (χ2v) is 9.64. The first-order valence-corrected chi connectivity index (χ1v) is 9.76. The lowest BCUT2D eigenvalue weighted by Crippen LogP contribution is -2.54. The number of allylic oxidation sites excluding steroid dienone is 3. The zero-order valence-electron chi connectivity index (χ0n) is 15.8. The molecule has 0 heterocycles. The zero-order chi connectivity index (χ0) is 17.3. The maximum Gasteiger partial charge on any atom is 0.311 e. The lowest BCUT2D eigenvalue weighted by atomic mass is 9.43. The highest BCUT2D eigenvalue weighted by molar-refractivity contribution is 5.77. The van der Waals surface area contributed by atoms with E-state index in [4.69, 9.17) is 4.74 Å². The van der Waals surface area contributed by atoms with E-state index in [1.54, 1.807) is 12.7 Å². The van der Waals surface area contributed by atoms with Crippen molar-refractivity contribution in [3.63, 3.8) is 0 Å². The van der Waals surface area contributed by atoms with Gasteiger partial charge in [-0.05, 0) is 74.0 Å². The molecule has 0 aromatic rings. The first-order valence-electron chi connectivity index (χ1n) is 9.76. The predicted molar refractivity (Wildman–Crippen MR) is 96.3 cm³/mol. The Kier molecular flexibility index (Phi) is 3.41. The second-order valence-electron chi connectivity index (χ2n) is 9.64. The standard InChI is InChI=1S/C22H32O2/c1-14-11-18-20(3)8-6-9-21(4,19(23)24-5)17(20)7-10-22(18)12-15(2)16(14)13-22/h11,14,16-17H,2,6-10,12-13H2,1,3-5H3/t14-,16+,17+,20-,21-,22-/m1/s1. The van der Waals surface area contributed by atoms with E-state index >= 15 is 0 Å². The van der Waals surface area contributed by atoms with E-state index < -0.39 is 0 Å². The average Bonchev–Trinajstić information content (AvgIpc) is 2.82. The molecule has 0 saturated heterocycles. The third kappa shape index (κ3) is 1.86. The Morgan fingerprint density at radius 3 is 2.75 bits per heavy atom. The lowest BCUT2D eigenvalue weighted by Gasteiger charge is -2.60. The number of hydrogen-bond donors (Lipinski definition) is 0. The predicted octanol–water partition coefficient (Wildman–Crippen LogP) is 5.29. The molecule has 0 aromatic heterocycles. The third-order valence-corrected chi connectivity index (χ3v) is 8.45. The normalized spacial score (nSPS) is 49.9. The quantitative estimate of drug-likeness (QED) is 0.482. The van der Waals surface area contributed by atoms with Crippen molar-refractivity contribution >= 4 is 5.97 Å². The molecule has 0 unspecified atom stereocenters. The van der Waals surface area contributed by atoms with Crippen LogP contribution in [0.3, 0.4) is 0 Å². The molecule has 24 heavy (non-hydrogen) atoms. The third-order valence-electron chi connectivity index (χ3n) is 8.45. The highest BCUT2D eigenvalue weighted by Gasteiger charge is 2.63. The Labute approximate surface area is 146 Å². The minimum absolute atomic E-state index is 0.00698. The molecular formula is C22H32O2. The average molecular weight is 328 g/mol. The Hall–Kier alpha value is -1.05. The van der Waals surface area contributed by atoms with E-state index in [0.717, 1.165) is 19.3 Å². The fraction of sp³-hybridized carbons (Fsp3) is 0.773. The number of fused-ring (bicyclic) bond motifs is 3. The van der Waals surface area contributed by atoms with Crippen molar-refractivity contribution in [1.82, 2.24) is 0 Å². The Balaban J connectivity index is 1.80. The molecule has 2 nitrogen and oxygen atoms in total.